The molecular weight excluding hydrogens is 252 g/mol. The van der Waals surface area contributed by atoms with Crippen LogP contribution < -0.4 is 0 Å². The number of Topliss-reactive ketones (excluding diaryl/α,β-unsaturated/α-hetero) is 1. The van der Waals surface area contributed by atoms with Gasteiger partial charge >= 0.3 is 0 Å². The lowest BCUT2D eigenvalue weighted by atomic mass is 10.1. The van der Waals surface area contributed by atoms with Crippen molar-refractivity contribution in [2.45, 2.75) is 19.8 Å². The second kappa shape index (κ2) is 5.25. The predicted octanol–water partition coefficient (Wildman–Crippen LogP) is 3.87. The van der Waals surface area contributed by atoms with Gasteiger partial charge in [0.15, 0.2) is 11.4 Å². The van der Waals surface area contributed by atoms with Gasteiger partial charge in [-0.2, -0.15) is 0 Å². The molecule has 20 heavy (non-hydrogen) atoms. The molecule has 4 nitrogen and oxygen atoms in total. The molecule has 0 aliphatic heterocycles. The van der Waals surface area contributed by atoms with Gasteiger partial charge in [0.2, 0.25) is 5.89 Å². The Morgan fingerprint density at radius 1 is 1.25 bits per heavy atom. The Kier molecular flexibility index (Phi) is 3.29. The predicted molar refractivity (Wildman–Crippen MR) is 76.5 cm³/mol. The Bertz CT molecular complexity index is 748. The van der Waals surface area contributed by atoms with Crippen LogP contribution in [0.25, 0.3) is 22.7 Å². The first-order valence-corrected chi connectivity index (χ1v) is 6.63. The number of rotatable bonds is 4. The molecule has 0 unspecified atom stereocenters. The summed E-state index contributed by atoms with van der Waals surface area (Å²) in [5.41, 5.74) is 2.72. The second-order valence-electron chi connectivity index (χ2n) is 4.59. The van der Waals surface area contributed by atoms with Gasteiger partial charge in [-0.15, -0.1) is 0 Å². The van der Waals surface area contributed by atoms with Crippen LogP contribution in [0.5, 0.6) is 0 Å². The zero-order valence-corrected chi connectivity index (χ0v) is 11.2. The minimum atomic E-state index is 0.136. The Morgan fingerprint density at radius 3 is 2.90 bits per heavy atom. The van der Waals surface area contributed by atoms with Crippen LogP contribution in [0.15, 0.2) is 47.0 Å². The van der Waals surface area contributed by atoms with Crippen molar-refractivity contribution in [3.8, 4) is 11.6 Å². The number of hydrogen-bond acceptors (Lipinski definition) is 4. The summed E-state index contributed by atoms with van der Waals surface area (Å²) in [6, 6.07) is 10.9. The average molecular weight is 266 g/mol. The monoisotopic (exact) mass is 266 g/mol. The topological polar surface area (TPSA) is 56.0 Å². The minimum absolute atomic E-state index is 0.136. The molecule has 3 rings (SSSR count). The van der Waals surface area contributed by atoms with E-state index < -0.39 is 0 Å². The highest BCUT2D eigenvalue weighted by molar-refractivity contribution is 5.98. The average Bonchev–Trinajstić information content (AvgIpc) is 2.91. The Morgan fingerprint density at radius 2 is 2.15 bits per heavy atom. The molecule has 1 aromatic carbocycles. The fourth-order valence-electron chi connectivity index (χ4n) is 2.07. The SMILES string of the molecule is CCCC(=O)c1ccc2oc(-c3ccccn3)nc2c1. The van der Waals surface area contributed by atoms with E-state index in [1.165, 1.54) is 0 Å². The highest BCUT2D eigenvalue weighted by Crippen LogP contribution is 2.23. The summed E-state index contributed by atoms with van der Waals surface area (Å²) in [6.07, 6.45) is 3.09. The van der Waals surface area contributed by atoms with Crippen molar-refractivity contribution in [2.24, 2.45) is 0 Å². The smallest absolute Gasteiger partial charge is 0.246 e. The lowest BCUT2D eigenvalue weighted by Gasteiger charge is -1.97. The van der Waals surface area contributed by atoms with Crippen molar-refractivity contribution in [1.82, 2.24) is 9.97 Å². The number of hydrogen-bond donors (Lipinski definition) is 0. The van der Waals surface area contributed by atoms with Gasteiger partial charge in [0, 0.05) is 18.2 Å². The van der Waals surface area contributed by atoms with Crippen LogP contribution in [0, 0.1) is 0 Å². The summed E-state index contributed by atoms with van der Waals surface area (Å²) in [5.74, 6) is 0.609. The number of fused-ring (bicyclic) bond motifs is 1. The van der Waals surface area contributed by atoms with Crippen molar-refractivity contribution in [1.29, 1.82) is 0 Å². The number of carbonyl (C=O) groups is 1. The Balaban J connectivity index is 2.02. The molecule has 0 saturated heterocycles. The van der Waals surface area contributed by atoms with Crippen LogP contribution in [0.2, 0.25) is 0 Å². The lowest BCUT2D eigenvalue weighted by molar-refractivity contribution is 0.0982. The summed E-state index contributed by atoms with van der Waals surface area (Å²) in [6.45, 7) is 1.99. The summed E-state index contributed by atoms with van der Waals surface area (Å²) in [5, 5.41) is 0. The Labute approximate surface area is 116 Å². The summed E-state index contributed by atoms with van der Waals surface area (Å²) in [7, 11) is 0. The fourth-order valence-corrected chi connectivity index (χ4v) is 2.07. The molecule has 0 saturated carbocycles. The molecule has 2 aromatic heterocycles. The highest BCUT2D eigenvalue weighted by atomic mass is 16.3. The van der Waals surface area contributed by atoms with Gasteiger partial charge in [-0.1, -0.05) is 13.0 Å². The molecule has 0 aliphatic rings. The van der Waals surface area contributed by atoms with Crippen LogP contribution in [-0.4, -0.2) is 15.8 Å². The van der Waals surface area contributed by atoms with Crippen LogP contribution in [-0.2, 0) is 0 Å². The van der Waals surface area contributed by atoms with E-state index >= 15 is 0 Å². The molecule has 0 N–H and O–H groups in total. The normalized spacial score (nSPS) is 10.8. The zero-order chi connectivity index (χ0) is 13.9. The quantitative estimate of drug-likeness (QED) is 0.672. The molecular formula is C16H14N2O2. The number of ketones is 1. The first kappa shape index (κ1) is 12.5. The van der Waals surface area contributed by atoms with Crippen LogP contribution in [0.1, 0.15) is 30.1 Å². The number of aromatic nitrogens is 2. The number of oxazole rings is 1. The van der Waals surface area contributed by atoms with Crippen molar-refractivity contribution in [3.63, 3.8) is 0 Å². The second-order valence-corrected chi connectivity index (χ2v) is 4.59. The van der Waals surface area contributed by atoms with Gasteiger partial charge < -0.3 is 4.42 Å². The maximum atomic E-state index is 11.9. The van der Waals surface area contributed by atoms with Crippen LogP contribution in [0.4, 0.5) is 0 Å². The van der Waals surface area contributed by atoms with E-state index in [1.54, 1.807) is 24.4 Å². The van der Waals surface area contributed by atoms with E-state index in [1.807, 2.05) is 25.1 Å². The van der Waals surface area contributed by atoms with Gasteiger partial charge in [0.05, 0.1) is 0 Å². The van der Waals surface area contributed by atoms with Gasteiger partial charge in [0.1, 0.15) is 11.2 Å². The molecule has 2 heterocycles. The molecule has 0 aliphatic carbocycles. The van der Waals surface area contributed by atoms with E-state index in [9.17, 15) is 4.79 Å². The molecule has 0 radical (unpaired) electrons. The summed E-state index contributed by atoms with van der Waals surface area (Å²) >= 11 is 0. The maximum absolute atomic E-state index is 11.9. The van der Waals surface area contributed by atoms with Crippen molar-refractivity contribution >= 4 is 16.9 Å². The van der Waals surface area contributed by atoms with Gasteiger partial charge in [-0.05, 0) is 36.8 Å². The summed E-state index contributed by atoms with van der Waals surface area (Å²) in [4.78, 5) is 20.5. The van der Waals surface area contributed by atoms with Crippen LogP contribution >= 0.6 is 0 Å². The number of pyridine rings is 1. The third-order valence-electron chi connectivity index (χ3n) is 3.07. The van der Waals surface area contributed by atoms with Gasteiger partial charge in [0.25, 0.3) is 0 Å². The zero-order valence-electron chi connectivity index (χ0n) is 11.2. The summed E-state index contributed by atoms with van der Waals surface area (Å²) < 4.78 is 5.66. The maximum Gasteiger partial charge on any atom is 0.246 e. The molecule has 100 valence electrons. The van der Waals surface area contributed by atoms with E-state index in [4.69, 9.17) is 4.42 Å². The van der Waals surface area contributed by atoms with E-state index in [-0.39, 0.29) is 5.78 Å². The van der Waals surface area contributed by atoms with E-state index in [0.29, 0.717) is 34.7 Å². The van der Waals surface area contributed by atoms with Gasteiger partial charge in [-0.25, -0.2) is 4.98 Å². The third kappa shape index (κ3) is 2.32. The lowest BCUT2D eigenvalue weighted by Crippen LogP contribution is -1.97. The minimum Gasteiger partial charge on any atom is -0.435 e. The molecule has 0 fully saturated rings. The number of nitrogens with zero attached hydrogens (tertiary/aromatic N) is 2. The molecule has 0 bridgehead atoms. The molecule has 3 aromatic rings. The highest BCUT2D eigenvalue weighted by Gasteiger charge is 2.11. The third-order valence-corrected chi connectivity index (χ3v) is 3.07. The first-order valence-electron chi connectivity index (χ1n) is 6.63. The molecule has 0 spiro atoms. The first-order chi connectivity index (χ1) is 9.78. The van der Waals surface area contributed by atoms with Crippen LogP contribution in [0.3, 0.4) is 0 Å². The standard InChI is InChI=1S/C16H14N2O2/c1-2-5-14(19)11-7-8-15-13(10-11)18-16(20-15)12-6-3-4-9-17-12/h3-4,6-10H,2,5H2,1H3. The van der Waals surface area contributed by atoms with Crippen molar-refractivity contribution in [2.75, 3.05) is 0 Å². The molecule has 4 heteroatoms. The fraction of sp³-hybridized carbons (Fsp3) is 0.188. The van der Waals surface area contributed by atoms with Crippen molar-refractivity contribution < 1.29 is 9.21 Å². The number of benzene rings is 1. The number of carbonyl (C=O) groups excluding carboxylic acids is 1. The van der Waals surface area contributed by atoms with Gasteiger partial charge in [-0.3, -0.25) is 9.78 Å². The van der Waals surface area contributed by atoms with Crippen molar-refractivity contribution in [3.05, 3.63) is 48.2 Å². The van der Waals surface area contributed by atoms with E-state index in [2.05, 4.69) is 9.97 Å². The largest absolute Gasteiger partial charge is 0.435 e. The Hall–Kier alpha value is -2.49. The molecule has 0 amide bonds. The van der Waals surface area contributed by atoms with E-state index in [0.717, 1.165) is 6.42 Å². The molecule has 0 atom stereocenters.